The maximum Gasteiger partial charge on any atom is 0.237 e. The zero-order chi connectivity index (χ0) is 18.0. The number of Topliss-reactive ketones (excluding diaryl/α,β-unsaturated/α-hetero) is 1. The average molecular weight is 340 g/mol. The van der Waals surface area contributed by atoms with Gasteiger partial charge in [0.1, 0.15) is 0 Å². The van der Waals surface area contributed by atoms with E-state index in [1.54, 1.807) is 25.1 Å². The zero-order valence-corrected chi connectivity index (χ0v) is 14.8. The Kier molecular flexibility index (Phi) is 5.05. The lowest BCUT2D eigenvalue weighted by molar-refractivity contribution is -0.126. The Morgan fingerprint density at radius 1 is 1.24 bits per heavy atom. The fourth-order valence-electron chi connectivity index (χ4n) is 3.23. The number of piperazine rings is 1. The molecule has 1 aromatic rings. The smallest absolute Gasteiger partial charge is 0.237 e. The van der Waals surface area contributed by atoms with Crippen LogP contribution in [0.4, 0.5) is 5.69 Å². The monoisotopic (exact) mass is 340 g/mol. The molecule has 1 atom stereocenters. The van der Waals surface area contributed by atoms with E-state index in [9.17, 15) is 9.59 Å². The van der Waals surface area contributed by atoms with Crippen molar-refractivity contribution in [1.29, 1.82) is 5.26 Å². The molecule has 6 nitrogen and oxygen atoms in total. The molecule has 1 aromatic carbocycles. The van der Waals surface area contributed by atoms with Crippen LogP contribution in [-0.4, -0.2) is 54.9 Å². The van der Waals surface area contributed by atoms with Gasteiger partial charge in [-0.15, -0.1) is 0 Å². The fourth-order valence-corrected chi connectivity index (χ4v) is 3.23. The van der Waals surface area contributed by atoms with Gasteiger partial charge in [0.15, 0.2) is 5.78 Å². The molecule has 132 valence electrons. The van der Waals surface area contributed by atoms with Crippen molar-refractivity contribution in [1.82, 2.24) is 10.2 Å². The van der Waals surface area contributed by atoms with Crippen LogP contribution in [0.1, 0.15) is 42.6 Å². The third-order valence-corrected chi connectivity index (χ3v) is 5.01. The highest BCUT2D eigenvalue weighted by molar-refractivity contribution is 6.00. The lowest BCUT2D eigenvalue weighted by Gasteiger charge is -2.39. The van der Waals surface area contributed by atoms with E-state index in [1.807, 2.05) is 6.92 Å². The predicted octanol–water partition coefficient (Wildman–Crippen LogP) is 1.55. The summed E-state index contributed by atoms with van der Waals surface area (Å²) in [6.07, 6.45) is 2.19. The number of amides is 1. The third kappa shape index (κ3) is 3.99. The molecule has 1 aliphatic carbocycles. The number of nitrogens with one attached hydrogen (secondary N) is 1. The van der Waals surface area contributed by atoms with Crippen molar-refractivity contribution in [3.63, 3.8) is 0 Å². The minimum Gasteiger partial charge on any atom is -0.368 e. The first kappa shape index (κ1) is 17.4. The molecule has 1 aliphatic heterocycles. The summed E-state index contributed by atoms with van der Waals surface area (Å²) in [6, 6.07) is 7.58. The Bertz CT molecular complexity index is 713. The SMILES string of the molecule is CC(=O)c1ccc(C#N)cc1N1CCN(C(C)C(=O)NC2CC2)CC1. The molecule has 1 N–H and O–H groups in total. The number of carbonyl (C=O) groups excluding carboxylic acids is 2. The number of nitriles is 1. The Labute approximate surface area is 148 Å². The second-order valence-electron chi connectivity index (χ2n) is 6.88. The molecule has 1 amide bonds. The molecule has 1 heterocycles. The first-order chi connectivity index (χ1) is 12.0. The molecule has 2 fully saturated rings. The van der Waals surface area contributed by atoms with Gasteiger partial charge in [-0.25, -0.2) is 0 Å². The lowest BCUT2D eigenvalue weighted by Crippen LogP contribution is -2.54. The zero-order valence-electron chi connectivity index (χ0n) is 14.8. The van der Waals surface area contributed by atoms with Crippen molar-refractivity contribution >= 4 is 17.4 Å². The molecule has 2 aliphatic rings. The Morgan fingerprint density at radius 2 is 1.92 bits per heavy atom. The van der Waals surface area contributed by atoms with E-state index in [0.29, 0.717) is 17.2 Å². The van der Waals surface area contributed by atoms with Gasteiger partial charge in [0.2, 0.25) is 5.91 Å². The van der Waals surface area contributed by atoms with Gasteiger partial charge >= 0.3 is 0 Å². The number of anilines is 1. The molecule has 0 aromatic heterocycles. The van der Waals surface area contributed by atoms with Gasteiger partial charge in [-0.3, -0.25) is 14.5 Å². The van der Waals surface area contributed by atoms with Crippen LogP contribution in [0, 0.1) is 11.3 Å². The number of ketones is 1. The number of benzene rings is 1. The van der Waals surface area contributed by atoms with Crippen LogP contribution in [-0.2, 0) is 4.79 Å². The molecular weight excluding hydrogens is 316 g/mol. The number of rotatable bonds is 5. The molecule has 6 heteroatoms. The number of hydrogen-bond donors (Lipinski definition) is 1. The normalized spacial score (nSPS) is 19.2. The van der Waals surface area contributed by atoms with Gasteiger partial charge in [0.25, 0.3) is 0 Å². The van der Waals surface area contributed by atoms with Crippen molar-refractivity contribution in [2.24, 2.45) is 0 Å². The van der Waals surface area contributed by atoms with Crippen LogP contribution < -0.4 is 10.2 Å². The van der Waals surface area contributed by atoms with Crippen molar-refractivity contribution in [3.8, 4) is 6.07 Å². The second-order valence-corrected chi connectivity index (χ2v) is 6.88. The third-order valence-electron chi connectivity index (χ3n) is 5.01. The van der Waals surface area contributed by atoms with Crippen LogP contribution >= 0.6 is 0 Å². The Balaban J connectivity index is 1.66. The van der Waals surface area contributed by atoms with Gasteiger partial charge in [0.05, 0.1) is 17.7 Å². The first-order valence-corrected chi connectivity index (χ1v) is 8.84. The van der Waals surface area contributed by atoms with Crippen LogP contribution in [0.5, 0.6) is 0 Å². The lowest BCUT2D eigenvalue weighted by atomic mass is 10.0. The maximum atomic E-state index is 12.2. The van der Waals surface area contributed by atoms with E-state index in [2.05, 4.69) is 21.2 Å². The molecule has 1 saturated heterocycles. The summed E-state index contributed by atoms with van der Waals surface area (Å²) in [5.74, 6) is 0.103. The van der Waals surface area contributed by atoms with Gasteiger partial charge in [0, 0.05) is 43.5 Å². The predicted molar refractivity (Wildman–Crippen MR) is 95.6 cm³/mol. The number of carbonyl (C=O) groups is 2. The van der Waals surface area contributed by atoms with Crippen molar-refractivity contribution in [3.05, 3.63) is 29.3 Å². The number of hydrogen-bond acceptors (Lipinski definition) is 5. The van der Waals surface area contributed by atoms with Crippen LogP contribution in [0.15, 0.2) is 18.2 Å². The Hall–Kier alpha value is -2.39. The summed E-state index contributed by atoms with van der Waals surface area (Å²) in [7, 11) is 0. The molecule has 3 rings (SSSR count). The van der Waals surface area contributed by atoms with E-state index in [1.165, 1.54) is 0 Å². The molecular formula is C19H24N4O2. The fraction of sp³-hybridized carbons (Fsp3) is 0.526. The van der Waals surface area contributed by atoms with Crippen molar-refractivity contribution in [2.45, 2.75) is 38.8 Å². The summed E-state index contributed by atoms with van der Waals surface area (Å²) in [5.41, 5.74) is 2.02. The van der Waals surface area contributed by atoms with E-state index in [0.717, 1.165) is 44.7 Å². The molecule has 0 radical (unpaired) electrons. The summed E-state index contributed by atoms with van der Waals surface area (Å²) >= 11 is 0. The van der Waals surface area contributed by atoms with E-state index >= 15 is 0 Å². The summed E-state index contributed by atoms with van der Waals surface area (Å²) < 4.78 is 0. The highest BCUT2D eigenvalue weighted by Gasteiger charge is 2.30. The highest BCUT2D eigenvalue weighted by Crippen LogP contribution is 2.25. The van der Waals surface area contributed by atoms with Gasteiger partial charge in [-0.2, -0.15) is 5.26 Å². The highest BCUT2D eigenvalue weighted by atomic mass is 16.2. The minimum absolute atomic E-state index is 0.000835. The summed E-state index contributed by atoms with van der Waals surface area (Å²) in [6.45, 7) is 6.48. The van der Waals surface area contributed by atoms with Crippen molar-refractivity contribution in [2.75, 3.05) is 31.1 Å². The Morgan fingerprint density at radius 3 is 2.48 bits per heavy atom. The van der Waals surface area contributed by atoms with Crippen molar-refractivity contribution < 1.29 is 9.59 Å². The van der Waals surface area contributed by atoms with Gasteiger partial charge in [-0.1, -0.05) is 0 Å². The van der Waals surface area contributed by atoms with Crippen LogP contribution in [0.2, 0.25) is 0 Å². The van der Waals surface area contributed by atoms with Gasteiger partial charge in [-0.05, 0) is 44.9 Å². The second kappa shape index (κ2) is 7.24. The quantitative estimate of drug-likeness (QED) is 0.823. The van der Waals surface area contributed by atoms with E-state index in [4.69, 9.17) is 5.26 Å². The van der Waals surface area contributed by atoms with Crippen LogP contribution in [0.25, 0.3) is 0 Å². The first-order valence-electron chi connectivity index (χ1n) is 8.84. The molecule has 25 heavy (non-hydrogen) atoms. The van der Waals surface area contributed by atoms with E-state index < -0.39 is 0 Å². The summed E-state index contributed by atoms with van der Waals surface area (Å²) in [5, 5.41) is 12.2. The maximum absolute atomic E-state index is 12.2. The molecule has 0 bridgehead atoms. The molecule has 1 saturated carbocycles. The minimum atomic E-state index is -0.138. The largest absolute Gasteiger partial charge is 0.368 e. The summed E-state index contributed by atoms with van der Waals surface area (Å²) in [4.78, 5) is 28.4. The molecule has 0 spiro atoms. The molecule has 1 unspecified atom stereocenters. The standard InChI is InChI=1S/C19H24N4O2/c1-13(19(25)21-16-4-5-16)22-7-9-23(10-8-22)18-11-15(12-20)3-6-17(18)14(2)24/h3,6,11,13,16H,4-5,7-10H2,1-2H3,(H,21,25). The van der Waals surface area contributed by atoms with E-state index in [-0.39, 0.29) is 17.7 Å². The topological polar surface area (TPSA) is 76.4 Å². The average Bonchev–Trinajstić information content (AvgIpc) is 3.44. The van der Waals surface area contributed by atoms with Crippen LogP contribution in [0.3, 0.4) is 0 Å². The number of nitrogens with zero attached hydrogens (tertiary/aromatic N) is 3. The van der Waals surface area contributed by atoms with Gasteiger partial charge < -0.3 is 10.2 Å².